The summed E-state index contributed by atoms with van der Waals surface area (Å²) in [7, 11) is 0. The highest BCUT2D eigenvalue weighted by Gasteiger charge is 2.34. The second-order valence-electron chi connectivity index (χ2n) is 5.30. The molecular weight excluding hydrogens is 311 g/mol. The average Bonchev–Trinajstić information content (AvgIpc) is 2.76. The molecule has 2 atom stereocenters. The number of alkyl halides is 3. The zero-order valence-electron chi connectivity index (χ0n) is 10.8. The number of halogens is 4. The van der Waals surface area contributed by atoms with Crippen molar-refractivity contribution in [2.24, 2.45) is 0 Å². The van der Waals surface area contributed by atoms with Crippen molar-refractivity contribution in [2.75, 3.05) is 13.1 Å². The van der Waals surface area contributed by atoms with E-state index in [1.54, 1.807) is 0 Å². The normalized spacial score (nSPS) is 27.1. The Kier molecular flexibility index (Phi) is 4.94. The second kappa shape index (κ2) is 6.17. The van der Waals surface area contributed by atoms with Crippen LogP contribution in [0.3, 0.4) is 0 Å². The number of hydrogen-bond acceptors (Lipinski definition) is 4. The summed E-state index contributed by atoms with van der Waals surface area (Å²) in [6.07, 6.45) is 0.266. The Hall–Kier alpha value is -0.370. The first kappa shape index (κ1) is 16.0. The van der Waals surface area contributed by atoms with E-state index in [9.17, 15) is 13.2 Å². The summed E-state index contributed by atoms with van der Waals surface area (Å²) >= 11 is 0.763. The summed E-state index contributed by atoms with van der Waals surface area (Å²) < 4.78 is 37.5. The lowest BCUT2D eigenvalue weighted by Gasteiger charge is -2.42. The number of piperidine rings is 1. The number of fused-ring (bicyclic) bond motifs is 2. The van der Waals surface area contributed by atoms with Crippen LogP contribution in [-0.2, 0) is 12.7 Å². The predicted molar refractivity (Wildman–Crippen MR) is 74.2 cm³/mol. The molecule has 1 aromatic rings. The number of rotatable bonds is 2. The molecule has 0 radical (unpaired) electrons. The Labute approximate surface area is 126 Å². The van der Waals surface area contributed by atoms with E-state index >= 15 is 0 Å². The van der Waals surface area contributed by atoms with Gasteiger partial charge in [-0.25, -0.2) is 4.98 Å². The molecule has 2 aliphatic rings. The van der Waals surface area contributed by atoms with Crippen molar-refractivity contribution in [1.82, 2.24) is 15.2 Å². The van der Waals surface area contributed by atoms with Crippen LogP contribution in [0.4, 0.5) is 13.2 Å². The lowest BCUT2D eigenvalue weighted by Crippen LogP contribution is -2.58. The van der Waals surface area contributed by atoms with Gasteiger partial charge in [-0.1, -0.05) is 6.42 Å². The molecule has 8 heteroatoms. The smallest absolute Gasteiger partial charge is 0.309 e. The maximum absolute atomic E-state index is 12.5. The number of hydrogen-bond donors (Lipinski definition) is 1. The second-order valence-corrected chi connectivity index (χ2v) is 6.42. The summed E-state index contributed by atoms with van der Waals surface area (Å²) in [6, 6.07) is 0.990. The number of nitrogens with zero attached hydrogens (tertiary/aromatic N) is 2. The van der Waals surface area contributed by atoms with Crippen LogP contribution >= 0.6 is 23.7 Å². The molecule has 0 spiro atoms. The van der Waals surface area contributed by atoms with Gasteiger partial charge in [0, 0.05) is 25.2 Å². The first-order valence-corrected chi connectivity index (χ1v) is 7.32. The van der Waals surface area contributed by atoms with E-state index < -0.39 is 11.1 Å². The Morgan fingerprint density at radius 3 is 2.50 bits per heavy atom. The number of likely N-dealkylation sites (tertiary alicyclic amines) is 1. The monoisotopic (exact) mass is 327 g/mol. The van der Waals surface area contributed by atoms with E-state index in [2.05, 4.69) is 15.2 Å². The van der Waals surface area contributed by atoms with Crippen molar-refractivity contribution >= 4 is 23.7 Å². The molecule has 20 heavy (non-hydrogen) atoms. The summed E-state index contributed by atoms with van der Waals surface area (Å²) in [5.41, 5.74) is 0. The first-order valence-electron chi connectivity index (χ1n) is 6.51. The molecule has 0 amide bonds. The Morgan fingerprint density at radius 1 is 1.30 bits per heavy atom. The predicted octanol–water partition coefficient (Wildman–Crippen LogP) is 2.91. The Bertz CT molecular complexity index is 439. The van der Waals surface area contributed by atoms with Crippen LogP contribution in [0, 0.1) is 0 Å². The molecule has 2 saturated heterocycles. The van der Waals surface area contributed by atoms with E-state index in [4.69, 9.17) is 0 Å². The van der Waals surface area contributed by atoms with Crippen LogP contribution in [0.1, 0.15) is 29.1 Å². The standard InChI is InChI=1S/C12H16F3N3S.ClH/c13-12(14,15)10-4-16-11(19-10)7-18-5-8-2-1-3-9(6-18)17-8;/h4,8-9,17H,1-3,5-7H2;1H. The van der Waals surface area contributed by atoms with E-state index in [-0.39, 0.29) is 12.4 Å². The minimum Gasteiger partial charge on any atom is -0.309 e. The molecule has 3 nitrogen and oxygen atoms in total. The molecule has 2 aliphatic heterocycles. The third kappa shape index (κ3) is 3.63. The number of thiazole rings is 1. The maximum Gasteiger partial charge on any atom is 0.427 e. The van der Waals surface area contributed by atoms with Crippen LogP contribution in [0.2, 0.25) is 0 Å². The zero-order valence-corrected chi connectivity index (χ0v) is 12.5. The van der Waals surface area contributed by atoms with E-state index in [0.717, 1.165) is 30.6 Å². The molecule has 1 aromatic heterocycles. The minimum absolute atomic E-state index is 0. The van der Waals surface area contributed by atoms with Gasteiger partial charge in [-0.05, 0) is 12.8 Å². The number of nitrogens with one attached hydrogen (secondary N) is 1. The van der Waals surface area contributed by atoms with E-state index in [0.29, 0.717) is 23.6 Å². The van der Waals surface area contributed by atoms with E-state index in [1.807, 2.05) is 0 Å². The molecule has 2 fully saturated rings. The lowest BCUT2D eigenvalue weighted by atomic mass is 9.94. The topological polar surface area (TPSA) is 28.2 Å². The highest BCUT2D eigenvalue weighted by Crippen LogP contribution is 2.34. The van der Waals surface area contributed by atoms with Gasteiger partial charge in [0.25, 0.3) is 0 Å². The largest absolute Gasteiger partial charge is 0.427 e. The fourth-order valence-electron chi connectivity index (χ4n) is 2.93. The molecule has 0 aliphatic carbocycles. The molecule has 114 valence electrons. The van der Waals surface area contributed by atoms with Gasteiger partial charge in [0.2, 0.25) is 0 Å². The highest BCUT2D eigenvalue weighted by molar-refractivity contribution is 7.11. The number of aromatic nitrogens is 1. The summed E-state index contributed by atoms with van der Waals surface area (Å²) in [4.78, 5) is 5.53. The minimum atomic E-state index is -4.27. The third-order valence-electron chi connectivity index (χ3n) is 3.73. The quantitative estimate of drug-likeness (QED) is 0.905. The maximum atomic E-state index is 12.5. The van der Waals surface area contributed by atoms with Gasteiger partial charge in [0.1, 0.15) is 9.88 Å². The SMILES string of the molecule is Cl.FC(F)(F)c1cnc(CN2CC3CCCC(C2)N3)s1. The van der Waals surface area contributed by atoms with Crippen molar-refractivity contribution in [3.63, 3.8) is 0 Å². The molecule has 3 heterocycles. The van der Waals surface area contributed by atoms with Crippen LogP contribution in [-0.4, -0.2) is 35.1 Å². The van der Waals surface area contributed by atoms with Crippen LogP contribution in [0.5, 0.6) is 0 Å². The Morgan fingerprint density at radius 2 is 1.95 bits per heavy atom. The van der Waals surface area contributed by atoms with Gasteiger partial charge in [0.15, 0.2) is 0 Å². The fourth-order valence-corrected chi connectivity index (χ4v) is 3.76. The number of piperazine rings is 1. The molecule has 3 rings (SSSR count). The van der Waals surface area contributed by atoms with Gasteiger partial charge in [0.05, 0.1) is 12.7 Å². The lowest BCUT2D eigenvalue weighted by molar-refractivity contribution is -0.134. The van der Waals surface area contributed by atoms with Crippen molar-refractivity contribution in [1.29, 1.82) is 0 Å². The summed E-state index contributed by atoms with van der Waals surface area (Å²) in [5, 5.41) is 4.12. The molecule has 2 bridgehead atoms. The van der Waals surface area contributed by atoms with Gasteiger partial charge < -0.3 is 5.32 Å². The van der Waals surface area contributed by atoms with E-state index in [1.165, 1.54) is 19.3 Å². The molecule has 1 N–H and O–H groups in total. The molecule has 0 aromatic carbocycles. The fraction of sp³-hybridized carbons (Fsp3) is 0.750. The van der Waals surface area contributed by atoms with Crippen molar-refractivity contribution in [3.05, 3.63) is 16.1 Å². The zero-order chi connectivity index (χ0) is 13.5. The van der Waals surface area contributed by atoms with Gasteiger partial charge in [-0.2, -0.15) is 13.2 Å². The first-order chi connectivity index (χ1) is 9.00. The van der Waals surface area contributed by atoms with Gasteiger partial charge in [-0.3, -0.25) is 4.90 Å². The molecule has 0 saturated carbocycles. The third-order valence-corrected chi connectivity index (χ3v) is 4.75. The summed E-state index contributed by atoms with van der Waals surface area (Å²) in [5.74, 6) is 0. The average molecular weight is 328 g/mol. The summed E-state index contributed by atoms with van der Waals surface area (Å²) in [6.45, 7) is 2.37. The van der Waals surface area contributed by atoms with Crippen LogP contribution < -0.4 is 5.32 Å². The van der Waals surface area contributed by atoms with Crippen LogP contribution in [0.25, 0.3) is 0 Å². The van der Waals surface area contributed by atoms with Gasteiger partial charge >= 0.3 is 6.18 Å². The van der Waals surface area contributed by atoms with Crippen molar-refractivity contribution < 1.29 is 13.2 Å². The van der Waals surface area contributed by atoms with Crippen LogP contribution in [0.15, 0.2) is 6.20 Å². The molecule has 2 unspecified atom stereocenters. The van der Waals surface area contributed by atoms with Gasteiger partial charge in [-0.15, -0.1) is 23.7 Å². The van der Waals surface area contributed by atoms with Crippen molar-refractivity contribution in [2.45, 2.75) is 44.1 Å². The highest BCUT2D eigenvalue weighted by atomic mass is 35.5. The molecular formula is C12H17ClF3N3S. The Balaban J connectivity index is 0.00000147. The van der Waals surface area contributed by atoms with Crippen molar-refractivity contribution in [3.8, 4) is 0 Å².